The quantitative estimate of drug-likeness (QED) is 0.843. The predicted octanol–water partition coefficient (Wildman–Crippen LogP) is 3.01. The zero-order chi connectivity index (χ0) is 11.9. The Morgan fingerprint density at radius 3 is 2.56 bits per heavy atom. The van der Waals surface area contributed by atoms with Crippen molar-refractivity contribution >= 4 is 21.8 Å². The first-order valence-corrected chi connectivity index (χ1v) is 5.51. The highest BCUT2D eigenvalue weighted by Crippen LogP contribution is 2.39. The molecule has 2 rings (SSSR count). The molecule has 0 saturated heterocycles. The molecule has 4 nitrogen and oxygen atoms in total. The molecule has 0 aliphatic rings. The SMILES string of the molecule is Cc1cc(C)c(-c2cc(N)on2)c(O)c1Br. The summed E-state index contributed by atoms with van der Waals surface area (Å²) in [6.07, 6.45) is 0. The minimum Gasteiger partial charge on any atom is -0.506 e. The van der Waals surface area contributed by atoms with Crippen molar-refractivity contribution in [3.8, 4) is 17.0 Å². The zero-order valence-electron chi connectivity index (χ0n) is 8.91. The minimum absolute atomic E-state index is 0.158. The second kappa shape index (κ2) is 3.83. The molecule has 0 saturated carbocycles. The third kappa shape index (κ3) is 1.67. The molecular weight excluding hydrogens is 272 g/mol. The summed E-state index contributed by atoms with van der Waals surface area (Å²) in [6, 6.07) is 3.55. The van der Waals surface area contributed by atoms with Crippen LogP contribution in [0.2, 0.25) is 0 Å². The van der Waals surface area contributed by atoms with Crippen LogP contribution in [0.1, 0.15) is 11.1 Å². The number of nitrogen functional groups attached to an aromatic ring is 1. The average Bonchev–Trinajstić information content (AvgIpc) is 2.61. The van der Waals surface area contributed by atoms with E-state index in [1.165, 1.54) is 0 Å². The minimum atomic E-state index is 0.158. The van der Waals surface area contributed by atoms with Crippen molar-refractivity contribution in [1.29, 1.82) is 0 Å². The Kier molecular flexibility index (Phi) is 2.63. The monoisotopic (exact) mass is 282 g/mol. The van der Waals surface area contributed by atoms with Gasteiger partial charge in [0.25, 0.3) is 0 Å². The largest absolute Gasteiger partial charge is 0.506 e. The van der Waals surface area contributed by atoms with Gasteiger partial charge in [-0.15, -0.1) is 0 Å². The standard InChI is InChI=1S/C11H11BrN2O2/c1-5-3-6(2)10(12)11(15)9(5)7-4-8(13)16-14-7/h3-4,15H,13H2,1-2H3. The molecule has 0 amide bonds. The lowest BCUT2D eigenvalue weighted by Gasteiger charge is -2.09. The van der Waals surface area contributed by atoms with E-state index in [-0.39, 0.29) is 11.6 Å². The first-order valence-electron chi connectivity index (χ1n) is 4.72. The Labute approximate surface area is 101 Å². The van der Waals surface area contributed by atoms with Gasteiger partial charge in [-0.3, -0.25) is 0 Å². The topological polar surface area (TPSA) is 72.3 Å². The molecule has 16 heavy (non-hydrogen) atoms. The maximum Gasteiger partial charge on any atom is 0.222 e. The van der Waals surface area contributed by atoms with Gasteiger partial charge in [0.2, 0.25) is 5.88 Å². The molecule has 0 spiro atoms. The number of halogens is 1. The number of rotatable bonds is 1. The van der Waals surface area contributed by atoms with Crippen LogP contribution in [0, 0.1) is 13.8 Å². The lowest BCUT2D eigenvalue weighted by atomic mass is 10.0. The Morgan fingerprint density at radius 1 is 1.31 bits per heavy atom. The molecule has 1 aromatic carbocycles. The van der Waals surface area contributed by atoms with Crippen molar-refractivity contribution in [2.45, 2.75) is 13.8 Å². The lowest BCUT2D eigenvalue weighted by Crippen LogP contribution is -1.88. The van der Waals surface area contributed by atoms with Crippen LogP contribution in [0.4, 0.5) is 5.88 Å². The third-order valence-corrected chi connectivity index (χ3v) is 3.40. The van der Waals surface area contributed by atoms with Gasteiger partial charge >= 0.3 is 0 Å². The number of aromatic hydroxyl groups is 1. The normalized spacial score (nSPS) is 10.7. The molecule has 2 aromatic rings. The van der Waals surface area contributed by atoms with Gasteiger partial charge in [-0.05, 0) is 40.9 Å². The number of benzene rings is 1. The summed E-state index contributed by atoms with van der Waals surface area (Å²) in [7, 11) is 0. The first-order chi connectivity index (χ1) is 7.50. The van der Waals surface area contributed by atoms with Crippen LogP contribution in [0.5, 0.6) is 5.75 Å². The Bertz CT molecular complexity index is 549. The molecule has 0 atom stereocenters. The fourth-order valence-corrected chi connectivity index (χ4v) is 1.99. The highest BCUT2D eigenvalue weighted by molar-refractivity contribution is 9.10. The van der Waals surface area contributed by atoms with Gasteiger partial charge in [0, 0.05) is 11.6 Å². The van der Waals surface area contributed by atoms with E-state index in [1.807, 2.05) is 19.9 Å². The third-order valence-electron chi connectivity index (χ3n) is 2.40. The number of hydrogen-bond donors (Lipinski definition) is 2. The zero-order valence-corrected chi connectivity index (χ0v) is 10.5. The number of phenolic OH excluding ortho intramolecular Hbond substituents is 1. The molecule has 0 fully saturated rings. The molecule has 0 radical (unpaired) electrons. The van der Waals surface area contributed by atoms with Gasteiger partial charge in [-0.1, -0.05) is 11.2 Å². The van der Waals surface area contributed by atoms with Crippen LogP contribution in [-0.4, -0.2) is 10.3 Å². The van der Waals surface area contributed by atoms with Crippen molar-refractivity contribution < 1.29 is 9.63 Å². The van der Waals surface area contributed by atoms with Crippen molar-refractivity contribution in [3.05, 3.63) is 27.7 Å². The molecule has 0 aliphatic carbocycles. The highest BCUT2D eigenvalue weighted by Gasteiger charge is 2.16. The summed E-state index contributed by atoms with van der Waals surface area (Å²) in [6.45, 7) is 3.82. The van der Waals surface area contributed by atoms with E-state index in [2.05, 4.69) is 21.1 Å². The highest BCUT2D eigenvalue weighted by atomic mass is 79.9. The summed E-state index contributed by atoms with van der Waals surface area (Å²) in [5.41, 5.74) is 8.52. The maximum atomic E-state index is 10.1. The molecule has 84 valence electrons. The molecule has 1 heterocycles. The van der Waals surface area contributed by atoms with E-state index < -0.39 is 0 Å². The van der Waals surface area contributed by atoms with Crippen LogP contribution in [0.25, 0.3) is 11.3 Å². The average molecular weight is 283 g/mol. The fourth-order valence-electron chi connectivity index (χ4n) is 1.67. The van der Waals surface area contributed by atoms with Gasteiger partial charge in [-0.2, -0.15) is 0 Å². The molecule has 3 N–H and O–H groups in total. The molecule has 0 unspecified atom stereocenters. The summed E-state index contributed by atoms with van der Waals surface area (Å²) in [5.74, 6) is 0.385. The van der Waals surface area contributed by atoms with Crippen LogP contribution in [-0.2, 0) is 0 Å². The van der Waals surface area contributed by atoms with Crippen LogP contribution in [0.15, 0.2) is 21.1 Å². The molecule has 5 heteroatoms. The number of hydrogen-bond acceptors (Lipinski definition) is 4. The van der Waals surface area contributed by atoms with Crippen molar-refractivity contribution in [2.24, 2.45) is 0 Å². The van der Waals surface area contributed by atoms with E-state index in [0.717, 1.165) is 11.1 Å². The van der Waals surface area contributed by atoms with Gasteiger partial charge in [0.05, 0.1) is 4.47 Å². The number of anilines is 1. The molecule has 1 aromatic heterocycles. The maximum absolute atomic E-state index is 10.1. The van der Waals surface area contributed by atoms with Gasteiger partial charge in [0.1, 0.15) is 11.4 Å². The van der Waals surface area contributed by atoms with E-state index >= 15 is 0 Å². The number of nitrogens with zero attached hydrogens (tertiary/aromatic N) is 1. The smallest absolute Gasteiger partial charge is 0.222 e. The van der Waals surface area contributed by atoms with Crippen molar-refractivity contribution in [3.63, 3.8) is 0 Å². The summed E-state index contributed by atoms with van der Waals surface area (Å²) >= 11 is 3.33. The van der Waals surface area contributed by atoms with Gasteiger partial charge in [0.15, 0.2) is 0 Å². The summed E-state index contributed by atoms with van der Waals surface area (Å²) in [5, 5.41) is 13.9. The lowest BCUT2D eigenvalue weighted by molar-refractivity contribution is 0.437. The Balaban J connectivity index is 2.70. The second-order valence-electron chi connectivity index (χ2n) is 3.66. The molecular formula is C11H11BrN2O2. The van der Waals surface area contributed by atoms with Gasteiger partial charge < -0.3 is 15.4 Å². The van der Waals surface area contributed by atoms with E-state index in [4.69, 9.17) is 10.3 Å². The van der Waals surface area contributed by atoms with E-state index in [9.17, 15) is 5.11 Å². The number of aromatic nitrogens is 1. The first kappa shape index (κ1) is 11.0. The molecule has 0 aliphatic heterocycles. The second-order valence-corrected chi connectivity index (χ2v) is 4.46. The van der Waals surface area contributed by atoms with E-state index in [1.54, 1.807) is 6.07 Å². The predicted molar refractivity (Wildman–Crippen MR) is 65.2 cm³/mol. The Morgan fingerprint density at radius 2 is 2.00 bits per heavy atom. The van der Waals surface area contributed by atoms with Crippen LogP contribution >= 0.6 is 15.9 Å². The molecule has 0 bridgehead atoms. The Hall–Kier alpha value is -1.49. The summed E-state index contributed by atoms with van der Waals surface area (Å²) < 4.78 is 5.46. The van der Waals surface area contributed by atoms with E-state index in [0.29, 0.717) is 15.7 Å². The number of aryl methyl sites for hydroxylation is 2. The van der Waals surface area contributed by atoms with Crippen molar-refractivity contribution in [2.75, 3.05) is 5.73 Å². The van der Waals surface area contributed by atoms with Crippen LogP contribution in [0.3, 0.4) is 0 Å². The number of nitrogens with two attached hydrogens (primary N) is 1. The van der Waals surface area contributed by atoms with Gasteiger partial charge in [-0.25, -0.2) is 0 Å². The van der Waals surface area contributed by atoms with Crippen molar-refractivity contribution in [1.82, 2.24) is 5.16 Å². The fraction of sp³-hybridized carbons (Fsp3) is 0.182. The summed E-state index contributed by atoms with van der Waals surface area (Å²) in [4.78, 5) is 0. The number of phenols is 1. The van der Waals surface area contributed by atoms with Crippen LogP contribution < -0.4 is 5.73 Å².